The molecule has 1 fully saturated rings. The Labute approximate surface area is 87.0 Å². The number of nitrogens with zero attached hydrogens (tertiary/aromatic N) is 1. The van der Waals surface area contributed by atoms with Gasteiger partial charge in [0, 0.05) is 0 Å². The van der Waals surface area contributed by atoms with Crippen molar-refractivity contribution in [2.45, 2.75) is 45.6 Å². The van der Waals surface area contributed by atoms with Crippen LogP contribution in [-0.4, -0.2) is 29.3 Å². The lowest BCUT2D eigenvalue weighted by Crippen LogP contribution is -2.52. The summed E-state index contributed by atoms with van der Waals surface area (Å²) in [6.45, 7) is 11.7. The summed E-state index contributed by atoms with van der Waals surface area (Å²) in [6.07, 6.45) is 3.73. The van der Waals surface area contributed by atoms with Gasteiger partial charge >= 0.3 is 0 Å². The maximum atomic E-state index is 11.9. The number of piperidine rings is 1. The summed E-state index contributed by atoms with van der Waals surface area (Å²) in [5, 5.41) is 0. The van der Waals surface area contributed by atoms with Gasteiger partial charge in [0.1, 0.15) is 0 Å². The zero-order valence-electron chi connectivity index (χ0n) is 9.60. The fourth-order valence-electron chi connectivity index (χ4n) is 2.12. The molecule has 1 rings (SSSR count). The average Bonchev–Trinajstić information content (AvgIpc) is 2.18. The van der Waals surface area contributed by atoms with Gasteiger partial charge in [-0.2, -0.15) is 0 Å². The molecule has 0 N–H and O–H groups in total. The number of rotatable bonds is 3. The van der Waals surface area contributed by atoms with Gasteiger partial charge in [-0.25, -0.2) is 0 Å². The van der Waals surface area contributed by atoms with E-state index in [-0.39, 0.29) is 11.3 Å². The molecule has 0 aromatic rings. The second kappa shape index (κ2) is 4.26. The maximum Gasteiger partial charge on any atom is 0.177 e. The third kappa shape index (κ3) is 2.24. The van der Waals surface area contributed by atoms with Crippen LogP contribution in [0.4, 0.5) is 0 Å². The highest BCUT2D eigenvalue weighted by Gasteiger charge is 2.34. The van der Waals surface area contributed by atoms with Crippen LogP contribution in [0.25, 0.3) is 0 Å². The van der Waals surface area contributed by atoms with Crippen LogP contribution in [0.15, 0.2) is 12.2 Å². The molecular formula is C12H21NO. The van der Waals surface area contributed by atoms with Gasteiger partial charge in [-0.3, -0.25) is 9.69 Å². The van der Waals surface area contributed by atoms with Crippen molar-refractivity contribution in [1.82, 2.24) is 4.90 Å². The number of hydrogen-bond acceptors (Lipinski definition) is 2. The number of ketones is 1. The molecule has 14 heavy (non-hydrogen) atoms. The van der Waals surface area contributed by atoms with Crippen molar-refractivity contribution in [3.8, 4) is 0 Å². The lowest BCUT2D eigenvalue weighted by molar-refractivity contribution is -0.126. The van der Waals surface area contributed by atoms with Crippen molar-refractivity contribution in [3.05, 3.63) is 12.2 Å². The summed E-state index contributed by atoms with van der Waals surface area (Å²) in [4.78, 5) is 14.2. The Morgan fingerprint density at radius 3 is 2.14 bits per heavy atom. The quantitative estimate of drug-likeness (QED) is 0.644. The van der Waals surface area contributed by atoms with Crippen molar-refractivity contribution in [3.63, 3.8) is 0 Å². The summed E-state index contributed by atoms with van der Waals surface area (Å²) in [5.74, 6) is 0.180. The van der Waals surface area contributed by atoms with Crippen LogP contribution in [-0.2, 0) is 4.79 Å². The Hall–Kier alpha value is -0.630. The van der Waals surface area contributed by atoms with E-state index >= 15 is 0 Å². The van der Waals surface area contributed by atoms with Crippen LogP contribution in [0, 0.1) is 0 Å². The molecule has 0 aliphatic carbocycles. The fourth-order valence-corrected chi connectivity index (χ4v) is 2.12. The predicted octanol–water partition coefficient (Wildman–Crippen LogP) is 2.40. The number of carbonyl (C=O) groups is 1. The Morgan fingerprint density at radius 2 is 1.71 bits per heavy atom. The molecule has 2 heteroatoms. The summed E-state index contributed by atoms with van der Waals surface area (Å²) in [7, 11) is 0. The smallest absolute Gasteiger partial charge is 0.177 e. The normalized spacial score (nSPS) is 19.4. The van der Waals surface area contributed by atoms with Gasteiger partial charge in [-0.1, -0.05) is 13.0 Å². The molecule has 1 aliphatic heterocycles. The maximum absolute atomic E-state index is 11.9. The Balaban J connectivity index is 2.71. The first-order valence-electron chi connectivity index (χ1n) is 5.41. The van der Waals surface area contributed by atoms with Crippen LogP contribution >= 0.6 is 0 Å². The molecule has 1 heterocycles. The molecular weight excluding hydrogens is 174 g/mol. The standard InChI is InChI=1S/C12H21NO/c1-10(2)11(14)12(3,4)13-8-6-5-7-9-13/h1,5-9H2,2-4H3. The largest absolute Gasteiger partial charge is 0.292 e. The first-order chi connectivity index (χ1) is 6.46. The Morgan fingerprint density at radius 1 is 1.21 bits per heavy atom. The third-order valence-corrected chi connectivity index (χ3v) is 3.09. The number of likely N-dealkylation sites (tertiary alicyclic amines) is 1. The number of carbonyl (C=O) groups excluding carboxylic acids is 1. The molecule has 0 atom stereocenters. The van der Waals surface area contributed by atoms with E-state index < -0.39 is 0 Å². The average molecular weight is 195 g/mol. The van der Waals surface area contributed by atoms with Crippen molar-refractivity contribution in [1.29, 1.82) is 0 Å². The first kappa shape index (κ1) is 11.4. The molecule has 0 radical (unpaired) electrons. The van der Waals surface area contributed by atoms with Crippen molar-refractivity contribution in [2.75, 3.05) is 13.1 Å². The van der Waals surface area contributed by atoms with Gasteiger partial charge in [0.2, 0.25) is 0 Å². The van der Waals surface area contributed by atoms with Crippen LogP contribution in [0.3, 0.4) is 0 Å². The highest BCUT2D eigenvalue weighted by atomic mass is 16.1. The van der Waals surface area contributed by atoms with Gasteiger partial charge in [0.25, 0.3) is 0 Å². The van der Waals surface area contributed by atoms with E-state index in [4.69, 9.17) is 0 Å². The summed E-state index contributed by atoms with van der Waals surface area (Å²) >= 11 is 0. The lowest BCUT2D eigenvalue weighted by atomic mass is 9.90. The topological polar surface area (TPSA) is 20.3 Å². The minimum Gasteiger partial charge on any atom is -0.292 e. The van der Waals surface area contributed by atoms with Gasteiger partial charge < -0.3 is 0 Å². The molecule has 2 nitrogen and oxygen atoms in total. The van der Waals surface area contributed by atoms with E-state index in [2.05, 4.69) is 11.5 Å². The SMILES string of the molecule is C=C(C)C(=O)C(C)(C)N1CCCCC1. The fraction of sp³-hybridized carbons (Fsp3) is 0.750. The molecule has 0 aromatic heterocycles. The van der Waals surface area contributed by atoms with E-state index in [1.54, 1.807) is 6.92 Å². The van der Waals surface area contributed by atoms with E-state index in [1.807, 2.05) is 13.8 Å². The minimum atomic E-state index is -0.355. The molecule has 1 aliphatic rings. The Kier molecular flexibility index (Phi) is 3.48. The van der Waals surface area contributed by atoms with Gasteiger partial charge in [-0.05, 0) is 52.3 Å². The molecule has 0 spiro atoms. The van der Waals surface area contributed by atoms with Gasteiger partial charge in [0.05, 0.1) is 5.54 Å². The highest BCUT2D eigenvalue weighted by molar-refractivity contribution is 6.01. The minimum absolute atomic E-state index is 0.180. The van der Waals surface area contributed by atoms with Crippen molar-refractivity contribution in [2.24, 2.45) is 0 Å². The zero-order valence-corrected chi connectivity index (χ0v) is 9.60. The van der Waals surface area contributed by atoms with Gasteiger partial charge in [-0.15, -0.1) is 0 Å². The van der Waals surface area contributed by atoms with E-state index in [1.165, 1.54) is 19.3 Å². The third-order valence-electron chi connectivity index (χ3n) is 3.09. The molecule has 80 valence electrons. The zero-order chi connectivity index (χ0) is 10.8. The van der Waals surface area contributed by atoms with Crippen molar-refractivity contribution < 1.29 is 4.79 Å². The second-order valence-corrected chi connectivity index (χ2v) is 4.72. The van der Waals surface area contributed by atoms with E-state index in [0.717, 1.165) is 13.1 Å². The van der Waals surface area contributed by atoms with Crippen LogP contribution in [0.1, 0.15) is 40.0 Å². The number of Topliss-reactive ketones (excluding diaryl/α,β-unsaturated/α-hetero) is 1. The van der Waals surface area contributed by atoms with Crippen molar-refractivity contribution >= 4 is 5.78 Å². The summed E-state index contributed by atoms with van der Waals surface area (Å²) in [6, 6.07) is 0. The van der Waals surface area contributed by atoms with Crippen LogP contribution in [0.5, 0.6) is 0 Å². The van der Waals surface area contributed by atoms with E-state index in [0.29, 0.717) is 5.57 Å². The Bertz CT molecular complexity index is 237. The van der Waals surface area contributed by atoms with Crippen LogP contribution in [0.2, 0.25) is 0 Å². The first-order valence-corrected chi connectivity index (χ1v) is 5.41. The monoisotopic (exact) mass is 195 g/mol. The molecule has 1 saturated heterocycles. The molecule has 0 bridgehead atoms. The second-order valence-electron chi connectivity index (χ2n) is 4.72. The number of hydrogen-bond donors (Lipinski definition) is 0. The molecule has 0 unspecified atom stereocenters. The lowest BCUT2D eigenvalue weighted by Gasteiger charge is -2.39. The molecule has 0 amide bonds. The van der Waals surface area contributed by atoms with Gasteiger partial charge in [0.15, 0.2) is 5.78 Å². The predicted molar refractivity (Wildman–Crippen MR) is 59.3 cm³/mol. The summed E-state index contributed by atoms with van der Waals surface area (Å²) in [5.41, 5.74) is 0.312. The van der Waals surface area contributed by atoms with Crippen LogP contribution < -0.4 is 0 Å². The summed E-state index contributed by atoms with van der Waals surface area (Å²) < 4.78 is 0. The highest BCUT2D eigenvalue weighted by Crippen LogP contribution is 2.23. The molecule has 0 saturated carbocycles. The molecule has 0 aromatic carbocycles. The van der Waals surface area contributed by atoms with E-state index in [9.17, 15) is 4.79 Å².